The highest BCUT2D eigenvalue weighted by Crippen LogP contribution is 2.36. The molecule has 0 aromatic heterocycles. The Kier molecular flexibility index (Phi) is 3.79. The maximum atomic E-state index is 13.1. The third kappa shape index (κ3) is 2.35. The van der Waals surface area contributed by atoms with Crippen molar-refractivity contribution in [2.45, 2.75) is 38.0 Å². The number of rotatable bonds is 2. The van der Waals surface area contributed by atoms with Crippen molar-refractivity contribution in [2.75, 3.05) is 26.2 Å². The van der Waals surface area contributed by atoms with E-state index in [-0.39, 0.29) is 5.41 Å². The molecule has 0 saturated carbocycles. The average Bonchev–Trinajstić information content (AvgIpc) is 3.01. The van der Waals surface area contributed by atoms with E-state index < -0.39 is 0 Å². The van der Waals surface area contributed by atoms with E-state index >= 15 is 0 Å². The topological polar surface area (TPSA) is 32.3 Å². The van der Waals surface area contributed by atoms with Crippen LogP contribution in [0.15, 0.2) is 24.3 Å². The minimum absolute atomic E-state index is 0.290. The molecule has 0 aliphatic carbocycles. The van der Waals surface area contributed by atoms with E-state index in [0.29, 0.717) is 5.91 Å². The van der Waals surface area contributed by atoms with Gasteiger partial charge in [-0.3, -0.25) is 4.79 Å². The molecule has 1 aromatic carbocycles. The van der Waals surface area contributed by atoms with Crippen molar-refractivity contribution in [1.29, 1.82) is 0 Å². The van der Waals surface area contributed by atoms with Gasteiger partial charge in [0.2, 0.25) is 5.91 Å². The van der Waals surface area contributed by atoms with Gasteiger partial charge in [0.15, 0.2) is 0 Å². The third-order valence-electron chi connectivity index (χ3n) is 4.83. The lowest BCUT2D eigenvalue weighted by atomic mass is 9.71. The zero-order chi connectivity index (χ0) is 14.0. The number of hydrogen-bond acceptors (Lipinski definition) is 2. The molecule has 3 heteroatoms. The van der Waals surface area contributed by atoms with Crippen LogP contribution in [0.25, 0.3) is 0 Å². The Hall–Kier alpha value is -1.35. The van der Waals surface area contributed by atoms with Crippen LogP contribution in [0, 0.1) is 6.92 Å². The molecule has 0 radical (unpaired) electrons. The summed E-state index contributed by atoms with van der Waals surface area (Å²) in [6.45, 7) is 5.87. The molecule has 2 saturated heterocycles. The molecular formula is C17H24N2O. The molecule has 108 valence electrons. The summed E-state index contributed by atoms with van der Waals surface area (Å²) in [5.74, 6) is 0.363. The molecule has 1 aromatic rings. The second-order valence-corrected chi connectivity index (χ2v) is 6.20. The van der Waals surface area contributed by atoms with Gasteiger partial charge in [0, 0.05) is 13.1 Å². The van der Waals surface area contributed by atoms with E-state index in [0.717, 1.165) is 51.9 Å². The summed E-state index contributed by atoms with van der Waals surface area (Å²) in [5, 5.41) is 3.40. The van der Waals surface area contributed by atoms with Crippen LogP contribution < -0.4 is 5.32 Å². The zero-order valence-corrected chi connectivity index (χ0v) is 12.3. The molecule has 0 unspecified atom stereocenters. The van der Waals surface area contributed by atoms with E-state index in [1.807, 2.05) is 0 Å². The molecule has 3 nitrogen and oxygen atoms in total. The van der Waals surface area contributed by atoms with Crippen molar-refractivity contribution >= 4 is 5.91 Å². The molecule has 0 spiro atoms. The largest absolute Gasteiger partial charge is 0.342 e. The van der Waals surface area contributed by atoms with Crippen molar-refractivity contribution in [3.8, 4) is 0 Å². The van der Waals surface area contributed by atoms with Crippen molar-refractivity contribution in [1.82, 2.24) is 10.2 Å². The van der Waals surface area contributed by atoms with Gasteiger partial charge in [-0.05, 0) is 51.3 Å². The van der Waals surface area contributed by atoms with Crippen molar-refractivity contribution < 1.29 is 4.79 Å². The first-order valence-corrected chi connectivity index (χ1v) is 7.80. The number of nitrogens with zero attached hydrogens (tertiary/aromatic N) is 1. The van der Waals surface area contributed by atoms with Crippen LogP contribution in [0.3, 0.4) is 0 Å². The highest BCUT2D eigenvalue weighted by atomic mass is 16.2. The van der Waals surface area contributed by atoms with Crippen molar-refractivity contribution in [2.24, 2.45) is 0 Å². The monoisotopic (exact) mass is 272 g/mol. The van der Waals surface area contributed by atoms with Gasteiger partial charge < -0.3 is 10.2 Å². The van der Waals surface area contributed by atoms with Crippen LogP contribution in [0.5, 0.6) is 0 Å². The number of likely N-dealkylation sites (tertiary alicyclic amines) is 1. The van der Waals surface area contributed by atoms with Crippen molar-refractivity contribution in [3.63, 3.8) is 0 Å². The van der Waals surface area contributed by atoms with Crippen LogP contribution in [0.2, 0.25) is 0 Å². The number of benzene rings is 1. The Bertz CT molecular complexity index is 486. The number of amides is 1. The molecule has 1 N–H and O–H groups in total. The van der Waals surface area contributed by atoms with E-state index in [1.165, 1.54) is 11.1 Å². The van der Waals surface area contributed by atoms with Crippen LogP contribution in [-0.2, 0) is 10.2 Å². The van der Waals surface area contributed by atoms with Crippen LogP contribution in [0.1, 0.15) is 36.8 Å². The van der Waals surface area contributed by atoms with Crippen molar-refractivity contribution in [3.05, 3.63) is 35.4 Å². The Morgan fingerprint density at radius 2 is 1.90 bits per heavy atom. The summed E-state index contributed by atoms with van der Waals surface area (Å²) in [4.78, 5) is 15.2. The lowest BCUT2D eigenvalue weighted by Gasteiger charge is -2.39. The Labute approximate surface area is 121 Å². The minimum atomic E-state index is -0.290. The SMILES string of the molecule is Cc1cccc(C2(C(=O)N3CCCC3)CCNCC2)c1. The molecular weight excluding hydrogens is 248 g/mol. The summed E-state index contributed by atoms with van der Waals surface area (Å²) in [6.07, 6.45) is 4.17. The van der Waals surface area contributed by atoms with Gasteiger partial charge in [-0.2, -0.15) is 0 Å². The van der Waals surface area contributed by atoms with Crippen LogP contribution >= 0.6 is 0 Å². The first-order valence-electron chi connectivity index (χ1n) is 7.80. The van der Waals surface area contributed by atoms with E-state index in [9.17, 15) is 4.79 Å². The second kappa shape index (κ2) is 5.57. The highest BCUT2D eigenvalue weighted by Gasteiger charge is 2.43. The quantitative estimate of drug-likeness (QED) is 0.895. The van der Waals surface area contributed by atoms with E-state index in [4.69, 9.17) is 0 Å². The van der Waals surface area contributed by atoms with Gasteiger partial charge in [-0.1, -0.05) is 29.8 Å². The Balaban J connectivity index is 1.97. The number of aryl methyl sites for hydroxylation is 1. The number of carbonyl (C=O) groups excluding carboxylic acids is 1. The summed E-state index contributed by atoms with van der Waals surface area (Å²) >= 11 is 0. The van der Waals surface area contributed by atoms with Gasteiger partial charge in [-0.25, -0.2) is 0 Å². The first-order chi connectivity index (χ1) is 9.72. The van der Waals surface area contributed by atoms with Gasteiger partial charge in [0.25, 0.3) is 0 Å². The Morgan fingerprint density at radius 3 is 2.55 bits per heavy atom. The summed E-state index contributed by atoms with van der Waals surface area (Å²) in [7, 11) is 0. The molecule has 3 rings (SSSR count). The van der Waals surface area contributed by atoms with Gasteiger partial charge in [-0.15, -0.1) is 0 Å². The normalized spacial score (nSPS) is 21.9. The molecule has 2 heterocycles. The summed E-state index contributed by atoms with van der Waals surface area (Å²) in [5.41, 5.74) is 2.17. The maximum absolute atomic E-state index is 13.1. The average molecular weight is 272 g/mol. The molecule has 0 bridgehead atoms. The number of carbonyl (C=O) groups is 1. The predicted octanol–water partition coefficient (Wildman–Crippen LogP) is 2.24. The van der Waals surface area contributed by atoms with E-state index in [1.54, 1.807) is 0 Å². The van der Waals surface area contributed by atoms with E-state index in [2.05, 4.69) is 41.4 Å². The fraction of sp³-hybridized carbons (Fsp3) is 0.588. The maximum Gasteiger partial charge on any atom is 0.233 e. The molecule has 1 amide bonds. The lowest BCUT2D eigenvalue weighted by molar-refractivity contribution is -0.137. The predicted molar refractivity (Wildman–Crippen MR) is 80.8 cm³/mol. The van der Waals surface area contributed by atoms with Gasteiger partial charge >= 0.3 is 0 Å². The Morgan fingerprint density at radius 1 is 1.20 bits per heavy atom. The second-order valence-electron chi connectivity index (χ2n) is 6.20. The smallest absolute Gasteiger partial charge is 0.233 e. The number of nitrogens with one attached hydrogen (secondary N) is 1. The third-order valence-corrected chi connectivity index (χ3v) is 4.83. The number of hydrogen-bond donors (Lipinski definition) is 1. The molecule has 2 aliphatic rings. The molecule has 20 heavy (non-hydrogen) atoms. The summed E-state index contributed by atoms with van der Waals surface area (Å²) in [6, 6.07) is 8.55. The fourth-order valence-electron chi connectivity index (χ4n) is 3.65. The standard InChI is InChI=1S/C17H24N2O/c1-14-5-4-6-15(13-14)17(7-9-18-10-8-17)16(20)19-11-2-3-12-19/h4-6,13,18H,2-3,7-12H2,1H3. The zero-order valence-electron chi connectivity index (χ0n) is 12.3. The summed E-state index contributed by atoms with van der Waals surface area (Å²) < 4.78 is 0. The first kappa shape index (κ1) is 13.6. The minimum Gasteiger partial charge on any atom is -0.342 e. The highest BCUT2D eigenvalue weighted by molar-refractivity contribution is 5.88. The lowest BCUT2D eigenvalue weighted by Crippen LogP contribution is -2.51. The molecule has 2 aliphatic heterocycles. The van der Waals surface area contributed by atoms with Gasteiger partial charge in [0.1, 0.15) is 0 Å². The van der Waals surface area contributed by atoms with Crippen LogP contribution in [0.4, 0.5) is 0 Å². The molecule has 0 atom stereocenters. The molecule has 2 fully saturated rings. The fourth-order valence-corrected chi connectivity index (χ4v) is 3.65. The number of piperidine rings is 1. The van der Waals surface area contributed by atoms with Crippen LogP contribution in [-0.4, -0.2) is 37.0 Å². The van der Waals surface area contributed by atoms with Gasteiger partial charge in [0.05, 0.1) is 5.41 Å².